The van der Waals surface area contributed by atoms with E-state index in [1.54, 1.807) is 11.8 Å². The lowest BCUT2D eigenvalue weighted by Gasteiger charge is -2.14. The van der Waals surface area contributed by atoms with Crippen molar-refractivity contribution in [3.63, 3.8) is 0 Å². The zero-order chi connectivity index (χ0) is 14.7. The number of nitrogens with zero attached hydrogens (tertiary/aromatic N) is 3. The van der Waals surface area contributed by atoms with Crippen LogP contribution >= 0.6 is 11.8 Å². The van der Waals surface area contributed by atoms with Gasteiger partial charge in [-0.25, -0.2) is 0 Å². The first-order chi connectivity index (χ1) is 10.2. The lowest BCUT2D eigenvalue weighted by Crippen LogP contribution is -2.23. The van der Waals surface area contributed by atoms with Gasteiger partial charge in [-0.1, -0.05) is 29.5 Å². The van der Waals surface area contributed by atoms with Crippen molar-refractivity contribution < 1.29 is 9.53 Å². The van der Waals surface area contributed by atoms with Gasteiger partial charge in [0.25, 0.3) is 5.91 Å². The fourth-order valence-corrected chi connectivity index (χ4v) is 2.91. The van der Waals surface area contributed by atoms with Crippen LogP contribution in [0.5, 0.6) is 5.75 Å². The second kappa shape index (κ2) is 6.17. The van der Waals surface area contributed by atoms with Gasteiger partial charge in [0.05, 0.1) is 0 Å². The molecular weight excluding hydrogens is 288 g/mol. The number of rotatable bonds is 4. The molecule has 2 aromatic rings. The Balaban J connectivity index is 1.57. The highest BCUT2D eigenvalue weighted by Gasteiger charge is 2.17. The number of amides is 1. The van der Waals surface area contributed by atoms with Gasteiger partial charge in [0.1, 0.15) is 5.75 Å². The summed E-state index contributed by atoms with van der Waals surface area (Å²) in [4.78, 5) is 11.9. The van der Waals surface area contributed by atoms with Crippen molar-refractivity contribution in [2.45, 2.75) is 25.0 Å². The van der Waals surface area contributed by atoms with Crippen LogP contribution in [-0.4, -0.2) is 33.0 Å². The Morgan fingerprint density at radius 2 is 2.19 bits per heavy atom. The number of hydrogen-bond donors (Lipinski definition) is 1. The Bertz CT molecular complexity index is 639. The van der Waals surface area contributed by atoms with Gasteiger partial charge < -0.3 is 4.74 Å². The van der Waals surface area contributed by atoms with Gasteiger partial charge in [-0.05, 0) is 25.5 Å². The molecule has 6 nitrogen and oxygen atoms in total. The van der Waals surface area contributed by atoms with E-state index in [1.165, 1.54) is 0 Å². The van der Waals surface area contributed by atoms with E-state index in [9.17, 15) is 4.79 Å². The smallest absolute Gasteiger partial charge is 0.264 e. The highest BCUT2D eigenvalue weighted by Crippen LogP contribution is 2.25. The molecule has 3 rings (SSSR count). The molecule has 1 aromatic carbocycles. The van der Waals surface area contributed by atoms with Crippen molar-refractivity contribution in [3.8, 4) is 5.75 Å². The molecule has 0 unspecified atom stereocenters. The second-order valence-electron chi connectivity index (χ2n) is 4.81. The number of ether oxygens (including phenoxy) is 1. The second-order valence-corrected chi connectivity index (χ2v) is 5.87. The molecule has 1 aliphatic rings. The molecule has 0 fully saturated rings. The summed E-state index contributed by atoms with van der Waals surface area (Å²) in [5, 5.41) is 11.7. The molecular formula is C14H16N4O2S. The Morgan fingerprint density at radius 1 is 1.38 bits per heavy atom. The normalized spacial score (nSPS) is 13.6. The quantitative estimate of drug-likeness (QED) is 0.937. The number of hydrogen-bond acceptors (Lipinski definition) is 5. The van der Waals surface area contributed by atoms with Gasteiger partial charge in [-0.15, -0.1) is 10.2 Å². The zero-order valence-electron chi connectivity index (χ0n) is 11.7. The molecule has 0 spiro atoms. The summed E-state index contributed by atoms with van der Waals surface area (Å²) in [6.45, 7) is 2.80. The van der Waals surface area contributed by atoms with Crippen LogP contribution in [-0.2, 0) is 11.3 Å². The Labute approximate surface area is 126 Å². The molecule has 1 N–H and O–H groups in total. The first kappa shape index (κ1) is 13.9. The van der Waals surface area contributed by atoms with Gasteiger partial charge in [0.2, 0.25) is 5.95 Å². The number of fused-ring (bicyclic) bond motifs is 1. The lowest BCUT2D eigenvalue weighted by molar-refractivity contribution is -0.118. The van der Waals surface area contributed by atoms with Gasteiger partial charge in [-0.3, -0.25) is 14.7 Å². The molecule has 7 heteroatoms. The highest BCUT2D eigenvalue weighted by atomic mass is 32.2. The van der Waals surface area contributed by atoms with E-state index in [4.69, 9.17) is 4.74 Å². The number of benzene rings is 1. The van der Waals surface area contributed by atoms with E-state index in [0.29, 0.717) is 11.7 Å². The maximum absolute atomic E-state index is 11.9. The van der Waals surface area contributed by atoms with E-state index in [-0.39, 0.29) is 12.5 Å². The van der Waals surface area contributed by atoms with Gasteiger partial charge in [0, 0.05) is 12.3 Å². The largest absolute Gasteiger partial charge is 0.484 e. The molecule has 21 heavy (non-hydrogen) atoms. The monoisotopic (exact) mass is 304 g/mol. The predicted molar refractivity (Wildman–Crippen MR) is 80.7 cm³/mol. The molecule has 2 heterocycles. The average molecular weight is 304 g/mol. The highest BCUT2D eigenvalue weighted by molar-refractivity contribution is 7.99. The number of aromatic nitrogens is 3. The minimum absolute atomic E-state index is 0.0433. The summed E-state index contributed by atoms with van der Waals surface area (Å²) >= 11 is 1.65. The molecule has 0 aliphatic carbocycles. The summed E-state index contributed by atoms with van der Waals surface area (Å²) in [7, 11) is 0. The van der Waals surface area contributed by atoms with Crippen LogP contribution in [0.25, 0.3) is 0 Å². The van der Waals surface area contributed by atoms with E-state index in [2.05, 4.69) is 15.5 Å². The molecule has 1 aromatic heterocycles. The topological polar surface area (TPSA) is 69.0 Å². The number of nitrogens with one attached hydrogen (secondary N) is 1. The van der Waals surface area contributed by atoms with Gasteiger partial charge in [0.15, 0.2) is 11.8 Å². The van der Waals surface area contributed by atoms with Crippen molar-refractivity contribution in [2.24, 2.45) is 0 Å². The summed E-state index contributed by atoms with van der Waals surface area (Å²) in [5.41, 5.74) is 1.15. The van der Waals surface area contributed by atoms with Crippen LogP contribution in [0, 0.1) is 6.92 Å². The van der Waals surface area contributed by atoms with E-state index >= 15 is 0 Å². The van der Waals surface area contributed by atoms with Crippen molar-refractivity contribution >= 4 is 23.6 Å². The van der Waals surface area contributed by atoms with Crippen LogP contribution in [0.3, 0.4) is 0 Å². The van der Waals surface area contributed by atoms with Crippen molar-refractivity contribution in [2.75, 3.05) is 17.7 Å². The summed E-state index contributed by atoms with van der Waals surface area (Å²) in [5.74, 6) is 1.98. The molecule has 0 saturated heterocycles. The number of thioether (sulfide) groups is 1. The van der Waals surface area contributed by atoms with Crippen molar-refractivity contribution in [1.82, 2.24) is 14.8 Å². The number of carbonyl (C=O) groups is 1. The molecule has 0 radical (unpaired) electrons. The van der Waals surface area contributed by atoms with Crippen molar-refractivity contribution in [3.05, 3.63) is 29.8 Å². The Morgan fingerprint density at radius 3 is 3.00 bits per heavy atom. The summed E-state index contributed by atoms with van der Waals surface area (Å²) in [6, 6.07) is 7.58. The number of aryl methyl sites for hydroxylation is 1. The summed E-state index contributed by atoms with van der Waals surface area (Å²) in [6.07, 6.45) is 1.05. The molecule has 1 amide bonds. The molecule has 1 aliphatic heterocycles. The third-order valence-corrected chi connectivity index (χ3v) is 4.17. The predicted octanol–water partition coefficient (Wildman–Crippen LogP) is 2.10. The van der Waals surface area contributed by atoms with Crippen LogP contribution < -0.4 is 10.1 Å². The van der Waals surface area contributed by atoms with Crippen LogP contribution in [0.4, 0.5) is 5.95 Å². The zero-order valence-corrected chi connectivity index (χ0v) is 12.5. The Hall–Kier alpha value is -2.02. The first-order valence-corrected chi connectivity index (χ1v) is 7.76. The van der Waals surface area contributed by atoms with E-state index in [1.807, 2.05) is 35.8 Å². The third-order valence-electron chi connectivity index (χ3n) is 3.12. The molecule has 0 bridgehead atoms. The van der Waals surface area contributed by atoms with E-state index in [0.717, 1.165) is 29.4 Å². The van der Waals surface area contributed by atoms with Gasteiger partial charge >= 0.3 is 0 Å². The van der Waals surface area contributed by atoms with Crippen LogP contribution in [0.2, 0.25) is 0 Å². The first-order valence-electron chi connectivity index (χ1n) is 6.78. The van der Waals surface area contributed by atoms with Crippen LogP contribution in [0.15, 0.2) is 29.4 Å². The lowest BCUT2D eigenvalue weighted by atomic mass is 10.2. The SMILES string of the molecule is Cc1ccc(OCC(=O)Nc2nnc3n2CCCS3)cc1. The third kappa shape index (κ3) is 3.36. The standard InChI is InChI=1S/C14H16N4O2S/c1-10-3-5-11(6-4-10)20-9-12(19)15-13-16-17-14-18(13)7-2-8-21-14/h3-6H,2,7-9H2,1H3,(H,15,16,19). The fourth-order valence-electron chi connectivity index (χ4n) is 2.02. The fraction of sp³-hybridized carbons (Fsp3) is 0.357. The maximum atomic E-state index is 11.9. The Kier molecular flexibility index (Phi) is 4.10. The molecule has 0 atom stereocenters. The number of anilines is 1. The molecule has 110 valence electrons. The minimum atomic E-state index is -0.235. The number of carbonyl (C=O) groups excluding carboxylic acids is 1. The maximum Gasteiger partial charge on any atom is 0.264 e. The van der Waals surface area contributed by atoms with Crippen LogP contribution in [0.1, 0.15) is 12.0 Å². The van der Waals surface area contributed by atoms with E-state index < -0.39 is 0 Å². The molecule has 0 saturated carbocycles. The van der Waals surface area contributed by atoms with Crippen molar-refractivity contribution in [1.29, 1.82) is 0 Å². The average Bonchev–Trinajstić information content (AvgIpc) is 2.90. The summed E-state index contributed by atoms with van der Waals surface area (Å²) < 4.78 is 7.37. The van der Waals surface area contributed by atoms with Gasteiger partial charge in [-0.2, -0.15) is 0 Å². The minimum Gasteiger partial charge on any atom is -0.484 e.